The SMILES string of the molecule is Cc1cc(N2CCCC2=O)ccc1S(=O)(=O)Oc1ccc(C#N)cc1. The second-order valence-corrected chi connectivity index (χ2v) is 7.29. The van der Waals surface area contributed by atoms with Crippen LogP contribution in [0.2, 0.25) is 0 Å². The Hall–Kier alpha value is -2.85. The Labute approximate surface area is 146 Å². The number of rotatable bonds is 4. The maximum atomic E-state index is 12.5. The molecule has 1 amide bonds. The van der Waals surface area contributed by atoms with Gasteiger partial charge in [0.25, 0.3) is 0 Å². The van der Waals surface area contributed by atoms with Gasteiger partial charge in [-0.1, -0.05) is 0 Å². The van der Waals surface area contributed by atoms with Crippen molar-refractivity contribution in [1.82, 2.24) is 0 Å². The van der Waals surface area contributed by atoms with Crippen molar-refractivity contribution in [3.63, 3.8) is 0 Å². The van der Waals surface area contributed by atoms with Crippen LogP contribution in [-0.4, -0.2) is 20.9 Å². The fourth-order valence-electron chi connectivity index (χ4n) is 2.76. The zero-order valence-electron chi connectivity index (χ0n) is 13.6. The van der Waals surface area contributed by atoms with Gasteiger partial charge in [0.05, 0.1) is 11.6 Å². The summed E-state index contributed by atoms with van der Waals surface area (Å²) in [5.74, 6) is 0.182. The minimum absolute atomic E-state index is 0.0452. The van der Waals surface area contributed by atoms with E-state index in [1.807, 2.05) is 6.07 Å². The van der Waals surface area contributed by atoms with Crippen molar-refractivity contribution < 1.29 is 17.4 Å². The summed E-state index contributed by atoms with van der Waals surface area (Å²) in [5.41, 5.74) is 1.61. The molecule has 2 aromatic carbocycles. The number of nitrogens with zero attached hydrogens (tertiary/aromatic N) is 2. The van der Waals surface area contributed by atoms with Crippen LogP contribution in [0.3, 0.4) is 0 Å². The molecule has 0 aliphatic carbocycles. The van der Waals surface area contributed by atoms with Gasteiger partial charge in [-0.05, 0) is 61.4 Å². The van der Waals surface area contributed by atoms with Crippen molar-refractivity contribution in [3.8, 4) is 11.8 Å². The zero-order valence-corrected chi connectivity index (χ0v) is 14.4. The Balaban J connectivity index is 1.86. The van der Waals surface area contributed by atoms with Gasteiger partial charge in [-0.2, -0.15) is 13.7 Å². The lowest BCUT2D eigenvalue weighted by atomic mass is 10.2. The topological polar surface area (TPSA) is 87.5 Å². The highest BCUT2D eigenvalue weighted by Gasteiger charge is 2.24. The molecule has 6 nitrogen and oxygen atoms in total. The number of carbonyl (C=O) groups excluding carboxylic acids is 1. The Bertz CT molecular complexity index is 960. The Morgan fingerprint density at radius 3 is 2.44 bits per heavy atom. The van der Waals surface area contributed by atoms with E-state index in [1.54, 1.807) is 24.0 Å². The van der Waals surface area contributed by atoms with Crippen molar-refractivity contribution >= 4 is 21.7 Å². The molecule has 0 bridgehead atoms. The van der Waals surface area contributed by atoms with Gasteiger partial charge in [-0.25, -0.2) is 0 Å². The molecule has 1 aliphatic rings. The second kappa shape index (κ2) is 6.57. The first-order chi connectivity index (χ1) is 11.9. The van der Waals surface area contributed by atoms with Gasteiger partial charge < -0.3 is 9.08 Å². The van der Waals surface area contributed by atoms with Crippen LogP contribution in [0.25, 0.3) is 0 Å². The summed E-state index contributed by atoms with van der Waals surface area (Å²) in [6.45, 7) is 2.31. The largest absolute Gasteiger partial charge is 0.379 e. The number of benzene rings is 2. The van der Waals surface area contributed by atoms with Crippen molar-refractivity contribution in [2.75, 3.05) is 11.4 Å². The molecular formula is C18H16N2O4S. The fraction of sp³-hybridized carbons (Fsp3) is 0.222. The van der Waals surface area contributed by atoms with Crippen molar-refractivity contribution in [1.29, 1.82) is 5.26 Å². The summed E-state index contributed by atoms with van der Waals surface area (Å²) < 4.78 is 30.1. The van der Waals surface area contributed by atoms with E-state index in [0.29, 0.717) is 29.8 Å². The number of carbonyl (C=O) groups is 1. The van der Waals surface area contributed by atoms with Crippen molar-refractivity contribution in [2.24, 2.45) is 0 Å². The summed E-state index contributed by atoms with van der Waals surface area (Å²) in [5, 5.41) is 8.77. The molecule has 0 unspecified atom stereocenters. The van der Waals surface area contributed by atoms with Gasteiger partial charge in [-0.15, -0.1) is 0 Å². The third-order valence-corrected chi connectivity index (χ3v) is 5.41. The lowest BCUT2D eigenvalue weighted by molar-refractivity contribution is -0.117. The first-order valence-corrected chi connectivity index (χ1v) is 9.17. The maximum absolute atomic E-state index is 12.5. The van der Waals surface area contributed by atoms with E-state index in [4.69, 9.17) is 9.44 Å². The minimum Gasteiger partial charge on any atom is -0.379 e. The molecule has 3 rings (SSSR count). The first kappa shape index (κ1) is 17.0. The van der Waals surface area contributed by atoms with Gasteiger partial charge in [0, 0.05) is 18.7 Å². The molecule has 0 saturated carbocycles. The number of aryl methyl sites for hydroxylation is 1. The van der Waals surface area contributed by atoms with Crippen LogP contribution in [0.15, 0.2) is 47.4 Å². The second-order valence-electron chi connectivity index (χ2n) is 5.77. The predicted molar refractivity (Wildman–Crippen MR) is 91.7 cm³/mol. The van der Waals surface area contributed by atoms with Crippen molar-refractivity contribution in [2.45, 2.75) is 24.7 Å². The molecule has 2 aromatic rings. The maximum Gasteiger partial charge on any atom is 0.339 e. The highest BCUT2D eigenvalue weighted by Crippen LogP contribution is 2.27. The average molecular weight is 356 g/mol. The van der Waals surface area contributed by atoms with E-state index >= 15 is 0 Å². The van der Waals surface area contributed by atoms with Crippen LogP contribution in [0.4, 0.5) is 5.69 Å². The van der Waals surface area contributed by atoms with Crippen LogP contribution in [0.1, 0.15) is 24.0 Å². The number of amides is 1. The van der Waals surface area contributed by atoms with E-state index in [0.717, 1.165) is 6.42 Å². The zero-order chi connectivity index (χ0) is 18.0. The third kappa shape index (κ3) is 3.49. The molecule has 0 aromatic heterocycles. The van der Waals surface area contributed by atoms with Crippen LogP contribution >= 0.6 is 0 Å². The molecule has 0 N–H and O–H groups in total. The normalized spacial score (nSPS) is 14.4. The molecule has 1 fully saturated rings. The summed E-state index contributed by atoms with van der Waals surface area (Å²) in [7, 11) is -4.00. The van der Waals surface area contributed by atoms with Crippen LogP contribution in [0.5, 0.6) is 5.75 Å². The smallest absolute Gasteiger partial charge is 0.339 e. The number of anilines is 1. The Morgan fingerprint density at radius 2 is 1.88 bits per heavy atom. The number of nitriles is 1. The standard InChI is InChI=1S/C18H16N2O4S/c1-13-11-15(20-10-2-3-18(20)21)6-9-17(13)25(22,23)24-16-7-4-14(12-19)5-8-16/h4-9,11H,2-3,10H2,1H3. The quantitative estimate of drug-likeness (QED) is 0.786. The Kier molecular flexibility index (Phi) is 4.47. The van der Waals surface area contributed by atoms with E-state index in [9.17, 15) is 13.2 Å². The number of hydrogen-bond acceptors (Lipinski definition) is 5. The van der Waals surface area contributed by atoms with E-state index in [-0.39, 0.29) is 16.6 Å². The molecule has 1 aliphatic heterocycles. The molecule has 25 heavy (non-hydrogen) atoms. The summed E-state index contributed by atoms with van der Waals surface area (Å²) in [4.78, 5) is 13.5. The van der Waals surface area contributed by atoms with E-state index in [1.165, 1.54) is 30.3 Å². The van der Waals surface area contributed by atoms with Crippen LogP contribution in [0, 0.1) is 18.3 Å². The van der Waals surface area contributed by atoms with Gasteiger partial charge in [0.15, 0.2) is 0 Å². The van der Waals surface area contributed by atoms with E-state index in [2.05, 4.69) is 0 Å². The van der Waals surface area contributed by atoms with Crippen LogP contribution < -0.4 is 9.08 Å². The summed E-state index contributed by atoms with van der Waals surface area (Å²) in [6, 6.07) is 12.5. The predicted octanol–water partition coefficient (Wildman–Crippen LogP) is 2.76. The monoisotopic (exact) mass is 356 g/mol. The molecule has 1 heterocycles. The third-order valence-electron chi connectivity index (χ3n) is 4.00. The molecule has 7 heteroatoms. The highest BCUT2D eigenvalue weighted by atomic mass is 32.2. The van der Waals surface area contributed by atoms with Crippen molar-refractivity contribution in [3.05, 3.63) is 53.6 Å². The minimum atomic E-state index is -4.00. The number of hydrogen-bond donors (Lipinski definition) is 0. The fourth-order valence-corrected chi connectivity index (χ4v) is 3.90. The average Bonchev–Trinajstić information content (AvgIpc) is 3.01. The molecule has 0 atom stereocenters. The van der Waals surface area contributed by atoms with Gasteiger partial charge in [-0.3, -0.25) is 4.79 Å². The van der Waals surface area contributed by atoms with E-state index < -0.39 is 10.1 Å². The summed E-state index contributed by atoms with van der Waals surface area (Å²) in [6.07, 6.45) is 1.32. The lowest BCUT2D eigenvalue weighted by Gasteiger charge is -2.17. The molecule has 0 radical (unpaired) electrons. The van der Waals surface area contributed by atoms with Gasteiger partial charge in [0.2, 0.25) is 5.91 Å². The molecule has 0 spiro atoms. The highest BCUT2D eigenvalue weighted by molar-refractivity contribution is 7.87. The summed E-state index contributed by atoms with van der Waals surface area (Å²) >= 11 is 0. The van der Waals surface area contributed by atoms with Crippen LogP contribution in [-0.2, 0) is 14.9 Å². The van der Waals surface area contributed by atoms with Gasteiger partial charge >= 0.3 is 10.1 Å². The molecular weight excluding hydrogens is 340 g/mol. The lowest BCUT2D eigenvalue weighted by Crippen LogP contribution is -2.24. The molecule has 128 valence electrons. The van der Waals surface area contributed by atoms with Gasteiger partial charge in [0.1, 0.15) is 10.6 Å². The first-order valence-electron chi connectivity index (χ1n) is 7.76. The molecule has 1 saturated heterocycles. The Morgan fingerprint density at radius 1 is 1.16 bits per heavy atom.